The molecular weight excluding hydrogens is 290 g/mol. The van der Waals surface area contributed by atoms with Gasteiger partial charge in [0.2, 0.25) is 11.6 Å². The lowest BCUT2D eigenvalue weighted by Crippen LogP contribution is -2.64. The zero-order valence-corrected chi connectivity index (χ0v) is 10.5. The Morgan fingerprint density at radius 2 is 1.86 bits per heavy atom. The van der Waals surface area contributed by atoms with E-state index in [9.17, 15) is 30.0 Å². The quantitative estimate of drug-likeness (QED) is 0.103. The Morgan fingerprint density at radius 3 is 2.33 bits per heavy atom. The molecule has 0 aromatic rings. The fourth-order valence-electron chi connectivity index (χ4n) is 1.23. The van der Waals surface area contributed by atoms with E-state index in [0.29, 0.717) is 0 Å². The van der Waals surface area contributed by atoms with Crippen LogP contribution in [-0.4, -0.2) is 69.7 Å². The lowest BCUT2D eigenvalue weighted by Gasteiger charge is -2.32. The highest BCUT2D eigenvalue weighted by Crippen LogP contribution is 2.12. The Kier molecular flexibility index (Phi) is 7.71. The molecule has 116 valence electrons. The minimum Gasteiger partial charge on any atom is -0.390 e. The smallest absolute Gasteiger partial charge is 0.228 e. The Labute approximate surface area is 117 Å². The van der Waals surface area contributed by atoms with Crippen LogP contribution in [0, 0.1) is 0 Å². The van der Waals surface area contributed by atoms with Gasteiger partial charge < -0.3 is 25.7 Å². The second-order valence-corrected chi connectivity index (χ2v) is 3.80. The first-order chi connectivity index (χ1) is 9.82. The predicted octanol–water partition coefficient (Wildman–Crippen LogP) is -2.31. The summed E-state index contributed by atoms with van der Waals surface area (Å²) in [7, 11) is 0. The molecule has 5 N–H and O–H groups in total. The highest BCUT2D eigenvalue weighted by Gasteiger charge is 2.43. The topological polar surface area (TPSA) is 225 Å². The van der Waals surface area contributed by atoms with E-state index in [1.165, 1.54) is 0 Å². The summed E-state index contributed by atoms with van der Waals surface area (Å²) in [6.07, 6.45) is -6.51. The van der Waals surface area contributed by atoms with E-state index in [-0.39, 0.29) is 6.29 Å². The molecule has 0 saturated carbocycles. The monoisotopic (exact) mass is 303 g/mol. The Bertz CT molecular complexity index is 474. The van der Waals surface area contributed by atoms with Crippen molar-refractivity contribution in [2.24, 2.45) is 10.2 Å². The molecule has 0 aromatic heterocycles. The van der Waals surface area contributed by atoms with Crippen LogP contribution >= 0.6 is 0 Å². The van der Waals surface area contributed by atoms with Gasteiger partial charge in [0.25, 0.3) is 0 Å². The van der Waals surface area contributed by atoms with E-state index in [2.05, 4.69) is 20.1 Å². The molecule has 0 rings (SSSR count). The van der Waals surface area contributed by atoms with Crippen molar-refractivity contribution in [1.82, 2.24) is 5.32 Å². The van der Waals surface area contributed by atoms with E-state index < -0.39 is 43.0 Å². The van der Waals surface area contributed by atoms with Crippen LogP contribution in [0.2, 0.25) is 0 Å². The molecule has 0 aromatic carbocycles. The van der Waals surface area contributed by atoms with Gasteiger partial charge in [0.1, 0.15) is 18.8 Å². The minimum absolute atomic E-state index is 0.283. The number of aldehydes is 1. The van der Waals surface area contributed by atoms with Crippen molar-refractivity contribution in [2.45, 2.75) is 24.0 Å². The molecule has 13 heteroatoms. The summed E-state index contributed by atoms with van der Waals surface area (Å²) in [5.41, 5.74) is 13.1. The molecular formula is C8H13N7O6. The van der Waals surface area contributed by atoms with E-state index >= 15 is 0 Å². The van der Waals surface area contributed by atoms with Crippen molar-refractivity contribution in [3.8, 4) is 0 Å². The van der Waals surface area contributed by atoms with Crippen molar-refractivity contribution >= 4 is 12.2 Å². The molecule has 0 aliphatic carbocycles. The highest BCUT2D eigenvalue weighted by atomic mass is 16.4. The summed E-state index contributed by atoms with van der Waals surface area (Å²) >= 11 is 0. The summed E-state index contributed by atoms with van der Waals surface area (Å²) in [6.45, 7) is -1.41. The van der Waals surface area contributed by atoms with Crippen LogP contribution in [0.5, 0.6) is 0 Å². The molecule has 0 saturated heterocycles. The van der Waals surface area contributed by atoms with Gasteiger partial charge in [-0.2, -0.15) is 0 Å². The third-order valence-electron chi connectivity index (χ3n) is 2.30. The van der Waals surface area contributed by atoms with Gasteiger partial charge >= 0.3 is 0 Å². The maximum Gasteiger partial charge on any atom is 0.228 e. The average molecular weight is 303 g/mol. The molecule has 1 amide bonds. The van der Waals surface area contributed by atoms with Crippen molar-refractivity contribution in [2.75, 3.05) is 13.1 Å². The summed E-state index contributed by atoms with van der Waals surface area (Å²) in [6, 6.07) is 0. The molecule has 0 aliphatic rings. The summed E-state index contributed by atoms with van der Waals surface area (Å²) < 4.78 is 0. The molecule has 0 aliphatic heterocycles. The maximum absolute atomic E-state index is 11.2. The van der Waals surface area contributed by atoms with Gasteiger partial charge in [-0.3, -0.25) is 9.59 Å². The first kappa shape index (κ1) is 18.6. The van der Waals surface area contributed by atoms with Crippen LogP contribution < -0.4 is 5.32 Å². The molecule has 0 bridgehead atoms. The zero-order valence-electron chi connectivity index (χ0n) is 10.5. The number of hydrogen-bond donors (Lipinski definition) is 5. The second kappa shape index (κ2) is 8.71. The van der Waals surface area contributed by atoms with Crippen molar-refractivity contribution < 1.29 is 30.0 Å². The molecule has 13 nitrogen and oxygen atoms in total. The number of hydrogen-bond acceptors (Lipinski definition) is 8. The van der Waals surface area contributed by atoms with E-state index in [1.807, 2.05) is 0 Å². The van der Waals surface area contributed by atoms with Crippen LogP contribution in [0.3, 0.4) is 0 Å². The largest absolute Gasteiger partial charge is 0.390 e. The molecule has 0 unspecified atom stereocenters. The third-order valence-corrected chi connectivity index (χ3v) is 2.30. The average Bonchev–Trinajstić information content (AvgIpc) is 2.48. The number of rotatable bonds is 9. The molecule has 21 heavy (non-hydrogen) atoms. The summed E-state index contributed by atoms with van der Waals surface area (Å²) in [4.78, 5) is 26.6. The summed E-state index contributed by atoms with van der Waals surface area (Å²) in [5.74, 6) is -1.11. The van der Waals surface area contributed by atoms with Gasteiger partial charge in [-0.1, -0.05) is 10.2 Å². The maximum atomic E-state index is 11.2. The number of nitrogens with one attached hydrogen (secondary N) is 1. The minimum atomic E-state index is -2.93. The molecule has 4 atom stereocenters. The van der Waals surface area contributed by atoms with Gasteiger partial charge in [0, 0.05) is 9.82 Å². The van der Waals surface area contributed by atoms with Crippen LogP contribution in [-0.2, 0) is 9.59 Å². The second-order valence-electron chi connectivity index (χ2n) is 3.80. The van der Waals surface area contributed by atoms with E-state index in [4.69, 9.17) is 11.1 Å². The standard InChI is InChI=1S/C8H13N7O6/c9-14-11-1-4(17)6(19)7(20)8(21,3-16)13-5(18)2-12-15-10/h3-4,6-7,17,19-21H,1-2H2,(H,13,18)/t4-,6+,7+,8+/m1/s1. The van der Waals surface area contributed by atoms with Gasteiger partial charge in [-0.15, -0.1) is 0 Å². The van der Waals surface area contributed by atoms with Gasteiger partial charge in [-0.05, 0) is 11.1 Å². The number of carbonyl (C=O) groups excluding carboxylic acids is 2. The Morgan fingerprint density at radius 1 is 1.29 bits per heavy atom. The van der Waals surface area contributed by atoms with Crippen molar-refractivity contribution in [3.63, 3.8) is 0 Å². The van der Waals surface area contributed by atoms with Crippen LogP contribution in [0.4, 0.5) is 0 Å². The normalized spacial score (nSPS) is 17.1. The SMILES string of the molecule is [N-]=[N+]=NCC(=O)N[C@](O)(C=O)[C@@H](O)[C@@H](O)[C@H](O)CN=[N+]=[N-]. The van der Waals surface area contributed by atoms with Crippen LogP contribution in [0.15, 0.2) is 10.2 Å². The number of aliphatic hydroxyl groups is 4. The zero-order chi connectivity index (χ0) is 16.5. The fourth-order valence-corrected chi connectivity index (χ4v) is 1.23. The first-order valence-electron chi connectivity index (χ1n) is 5.38. The highest BCUT2D eigenvalue weighted by molar-refractivity contribution is 5.82. The predicted molar refractivity (Wildman–Crippen MR) is 65.2 cm³/mol. The Hall–Kier alpha value is -2.40. The first-order valence-corrected chi connectivity index (χ1v) is 5.38. The van der Waals surface area contributed by atoms with Crippen LogP contribution in [0.25, 0.3) is 20.9 Å². The molecule has 0 radical (unpaired) electrons. The Balaban J connectivity index is 4.95. The number of carbonyl (C=O) groups is 2. The lowest BCUT2D eigenvalue weighted by atomic mass is 9.98. The molecule has 0 fully saturated rings. The number of aliphatic hydroxyl groups excluding tert-OH is 3. The number of azide groups is 2. The van der Waals surface area contributed by atoms with Crippen LogP contribution in [0.1, 0.15) is 0 Å². The fraction of sp³-hybridized carbons (Fsp3) is 0.750. The lowest BCUT2D eigenvalue weighted by molar-refractivity contribution is -0.173. The third kappa shape index (κ3) is 5.62. The van der Waals surface area contributed by atoms with Gasteiger partial charge in [-0.25, -0.2) is 0 Å². The van der Waals surface area contributed by atoms with Gasteiger partial charge in [0.05, 0.1) is 12.6 Å². The van der Waals surface area contributed by atoms with E-state index in [0.717, 1.165) is 0 Å². The summed E-state index contributed by atoms with van der Waals surface area (Å²) in [5, 5.41) is 45.7. The van der Waals surface area contributed by atoms with Crippen molar-refractivity contribution in [3.05, 3.63) is 20.9 Å². The molecule has 0 heterocycles. The number of amides is 1. The van der Waals surface area contributed by atoms with Gasteiger partial charge in [0.15, 0.2) is 6.29 Å². The van der Waals surface area contributed by atoms with Crippen molar-refractivity contribution in [1.29, 1.82) is 0 Å². The molecule has 0 spiro atoms. The number of nitrogens with zero attached hydrogens (tertiary/aromatic N) is 6. The van der Waals surface area contributed by atoms with E-state index in [1.54, 1.807) is 5.32 Å².